The number of nitrogens with two attached hydrogens (primary N) is 1. The summed E-state index contributed by atoms with van der Waals surface area (Å²) in [6.07, 6.45) is 5.56. The number of rotatable bonds is 2. The van der Waals surface area contributed by atoms with Crippen molar-refractivity contribution in [3.05, 3.63) is 30.1 Å². The van der Waals surface area contributed by atoms with Crippen molar-refractivity contribution >= 4 is 30.7 Å². The Hall–Kier alpha value is -0.840. The maximum atomic E-state index is 11.8. The van der Waals surface area contributed by atoms with E-state index in [1.165, 1.54) is 0 Å². The van der Waals surface area contributed by atoms with E-state index in [-0.39, 0.29) is 36.8 Å². The minimum absolute atomic E-state index is 0. The summed E-state index contributed by atoms with van der Waals surface area (Å²) >= 11 is 0. The number of hydrogen-bond donors (Lipinski definition) is 2. The summed E-state index contributed by atoms with van der Waals surface area (Å²) in [4.78, 5) is 15.8. The number of aromatic nitrogens is 1. The third kappa shape index (κ3) is 4.80. The van der Waals surface area contributed by atoms with Crippen molar-refractivity contribution in [1.29, 1.82) is 0 Å². The van der Waals surface area contributed by atoms with Crippen LogP contribution in [-0.2, 0) is 0 Å². The Morgan fingerprint density at radius 1 is 1.22 bits per heavy atom. The number of halogens is 2. The lowest BCUT2D eigenvalue weighted by atomic mass is 9.92. The molecule has 1 aliphatic rings. The van der Waals surface area contributed by atoms with E-state index in [4.69, 9.17) is 5.73 Å². The molecule has 1 fully saturated rings. The van der Waals surface area contributed by atoms with Crippen LogP contribution in [0.5, 0.6) is 0 Å². The molecule has 0 atom stereocenters. The first-order valence-corrected chi connectivity index (χ1v) is 5.73. The average molecular weight is 292 g/mol. The van der Waals surface area contributed by atoms with Crippen molar-refractivity contribution in [1.82, 2.24) is 10.3 Å². The maximum absolute atomic E-state index is 11.8. The van der Waals surface area contributed by atoms with Gasteiger partial charge in [0.15, 0.2) is 0 Å². The van der Waals surface area contributed by atoms with Gasteiger partial charge in [-0.1, -0.05) is 6.07 Å². The Balaban J connectivity index is 0.00000144. The molecule has 0 aliphatic heterocycles. The highest BCUT2D eigenvalue weighted by molar-refractivity contribution is 5.92. The quantitative estimate of drug-likeness (QED) is 0.875. The van der Waals surface area contributed by atoms with E-state index in [0.717, 1.165) is 25.7 Å². The second-order valence-electron chi connectivity index (χ2n) is 4.30. The van der Waals surface area contributed by atoms with Crippen LogP contribution in [0.3, 0.4) is 0 Å². The summed E-state index contributed by atoms with van der Waals surface area (Å²) in [7, 11) is 0. The number of nitrogens with one attached hydrogen (secondary N) is 1. The van der Waals surface area contributed by atoms with E-state index >= 15 is 0 Å². The Morgan fingerprint density at radius 2 is 1.89 bits per heavy atom. The summed E-state index contributed by atoms with van der Waals surface area (Å²) in [6.45, 7) is 0. The van der Waals surface area contributed by atoms with Gasteiger partial charge in [0.2, 0.25) is 0 Å². The summed E-state index contributed by atoms with van der Waals surface area (Å²) < 4.78 is 0. The van der Waals surface area contributed by atoms with Gasteiger partial charge in [-0.3, -0.25) is 9.78 Å². The van der Waals surface area contributed by atoms with Gasteiger partial charge in [0.05, 0.1) is 0 Å². The molecule has 0 saturated heterocycles. The molecule has 0 bridgehead atoms. The SMILES string of the molecule is Cl.Cl.NC1CCC(NC(=O)c2ccccn2)CC1. The highest BCUT2D eigenvalue weighted by Gasteiger charge is 2.20. The lowest BCUT2D eigenvalue weighted by molar-refractivity contribution is 0.0921. The van der Waals surface area contributed by atoms with Crippen LogP contribution in [0.15, 0.2) is 24.4 Å². The van der Waals surface area contributed by atoms with Gasteiger partial charge < -0.3 is 11.1 Å². The normalized spacial score (nSPS) is 22.3. The molecule has 0 radical (unpaired) electrons. The second kappa shape index (κ2) is 8.29. The zero-order valence-corrected chi connectivity index (χ0v) is 11.7. The molecule has 1 aromatic heterocycles. The van der Waals surface area contributed by atoms with Crippen LogP contribution >= 0.6 is 24.8 Å². The molecule has 1 amide bonds. The smallest absolute Gasteiger partial charge is 0.270 e. The van der Waals surface area contributed by atoms with Crippen LogP contribution in [0.1, 0.15) is 36.2 Å². The van der Waals surface area contributed by atoms with Crippen LogP contribution in [0, 0.1) is 0 Å². The number of pyridine rings is 1. The first-order chi connectivity index (χ1) is 7.75. The molecular formula is C12H19Cl2N3O. The fourth-order valence-electron chi connectivity index (χ4n) is 2.02. The van der Waals surface area contributed by atoms with Gasteiger partial charge in [0.25, 0.3) is 5.91 Å². The average Bonchev–Trinajstić information content (AvgIpc) is 2.33. The molecule has 3 N–H and O–H groups in total. The Morgan fingerprint density at radius 3 is 2.44 bits per heavy atom. The highest BCUT2D eigenvalue weighted by Crippen LogP contribution is 2.17. The molecule has 0 spiro atoms. The van der Waals surface area contributed by atoms with Crippen LogP contribution in [0.25, 0.3) is 0 Å². The zero-order chi connectivity index (χ0) is 11.4. The molecule has 2 rings (SSSR count). The topological polar surface area (TPSA) is 68.0 Å². The summed E-state index contributed by atoms with van der Waals surface area (Å²) in [6, 6.07) is 5.91. The van der Waals surface area contributed by atoms with E-state index in [1.54, 1.807) is 18.3 Å². The number of carbonyl (C=O) groups is 1. The molecule has 0 unspecified atom stereocenters. The Bertz CT molecular complexity index is 354. The van der Waals surface area contributed by atoms with Gasteiger partial charge in [0, 0.05) is 18.3 Å². The van der Waals surface area contributed by atoms with Crippen molar-refractivity contribution in [2.45, 2.75) is 37.8 Å². The summed E-state index contributed by atoms with van der Waals surface area (Å²) in [5, 5.41) is 3.00. The van der Waals surface area contributed by atoms with E-state index < -0.39 is 0 Å². The van der Waals surface area contributed by atoms with Gasteiger partial charge in [-0.05, 0) is 37.8 Å². The molecule has 6 heteroatoms. The van der Waals surface area contributed by atoms with Gasteiger partial charge in [-0.15, -0.1) is 24.8 Å². The predicted octanol–water partition coefficient (Wildman–Crippen LogP) is 1.92. The molecule has 0 aromatic carbocycles. The zero-order valence-electron chi connectivity index (χ0n) is 10.0. The van der Waals surface area contributed by atoms with Crippen molar-refractivity contribution in [3.63, 3.8) is 0 Å². The number of carbonyl (C=O) groups excluding carboxylic acids is 1. The fourth-order valence-corrected chi connectivity index (χ4v) is 2.02. The van der Waals surface area contributed by atoms with Gasteiger partial charge in [-0.25, -0.2) is 0 Å². The molecule has 1 aromatic rings. The fraction of sp³-hybridized carbons (Fsp3) is 0.500. The largest absolute Gasteiger partial charge is 0.348 e. The van der Waals surface area contributed by atoms with Crippen LogP contribution in [-0.4, -0.2) is 23.0 Å². The van der Waals surface area contributed by atoms with Crippen LogP contribution in [0.2, 0.25) is 0 Å². The van der Waals surface area contributed by atoms with Crippen LogP contribution < -0.4 is 11.1 Å². The van der Waals surface area contributed by atoms with Crippen LogP contribution in [0.4, 0.5) is 0 Å². The van der Waals surface area contributed by atoms with E-state index in [1.807, 2.05) is 6.07 Å². The minimum Gasteiger partial charge on any atom is -0.348 e. The lowest BCUT2D eigenvalue weighted by Gasteiger charge is -2.26. The van der Waals surface area contributed by atoms with E-state index in [0.29, 0.717) is 11.7 Å². The number of nitrogens with zero attached hydrogens (tertiary/aromatic N) is 1. The third-order valence-corrected chi connectivity index (χ3v) is 3.00. The molecule has 1 saturated carbocycles. The van der Waals surface area contributed by atoms with Crippen molar-refractivity contribution in [3.8, 4) is 0 Å². The predicted molar refractivity (Wildman–Crippen MR) is 76.4 cm³/mol. The van der Waals surface area contributed by atoms with Crippen molar-refractivity contribution in [2.24, 2.45) is 5.73 Å². The lowest BCUT2D eigenvalue weighted by Crippen LogP contribution is -2.40. The van der Waals surface area contributed by atoms with Crippen molar-refractivity contribution in [2.75, 3.05) is 0 Å². The molecular weight excluding hydrogens is 273 g/mol. The molecule has 1 heterocycles. The minimum atomic E-state index is -0.0823. The maximum Gasteiger partial charge on any atom is 0.270 e. The first kappa shape index (κ1) is 17.2. The Labute approximate surface area is 120 Å². The first-order valence-electron chi connectivity index (χ1n) is 5.73. The van der Waals surface area contributed by atoms with Gasteiger partial charge in [-0.2, -0.15) is 0 Å². The molecule has 4 nitrogen and oxygen atoms in total. The monoisotopic (exact) mass is 291 g/mol. The molecule has 102 valence electrons. The van der Waals surface area contributed by atoms with E-state index in [9.17, 15) is 4.79 Å². The standard InChI is InChI=1S/C12H17N3O.2ClH/c13-9-4-6-10(7-5-9)15-12(16)11-3-1-2-8-14-11;;/h1-3,8-10H,4-7,13H2,(H,15,16);2*1H. The number of amides is 1. The second-order valence-corrected chi connectivity index (χ2v) is 4.30. The summed E-state index contributed by atoms with van der Waals surface area (Å²) in [5.74, 6) is -0.0823. The summed E-state index contributed by atoms with van der Waals surface area (Å²) in [5.41, 5.74) is 6.30. The highest BCUT2D eigenvalue weighted by atomic mass is 35.5. The van der Waals surface area contributed by atoms with Crippen molar-refractivity contribution < 1.29 is 4.79 Å². The number of hydrogen-bond acceptors (Lipinski definition) is 3. The van der Waals surface area contributed by atoms with Gasteiger partial charge >= 0.3 is 0 Å². The third-order valence-electron chi connectivity index (χ3n) is 3.00. The molecule has 1 aliphatic carbocycles. The van der Waals surface area contributed by atoms with Gasteiger partial charge in [0.1, 0.15) is 5.69 Å². The van der Waals surface area contributed by atoms with E-state index in [2.05, 4.69) is 10.3 Å². The Kier molecular flexibility index (Phi) is 7.91. The molecule has 18 heavy (non-hydrogen) atoms.